The van der Waals surface area contributed by atoms with Gasteiger partial charge in [-0.25, -0.2) is 4.68 Å². The summed E-state index contributed by atoms with van der Waals surface area (Å²) in [6, 6.07) is 5.63. The molecule has 21 heavy (non-hydrogen) atoms. The maximum Gasteiger partial charge on any atom is 0.209 e. The monoisotopic (exact) mass is 345 g/mol. The largest absolute Gasteiger partial charge is 0.315 e. The molecule has 2 rings (SSSR count). The van der Waals surface area contributed by atoms with Crippen LogP contribution < -0.4 is 5.32 Å². The lowest BCUT2D eigenvalue weighted by Gasteiger charge is -2.07. The van der Waals surface area contributed by atoms with Gasteiger partial charge >= 0.3 is 0 Å². The van der Waals surface area contributed by atoms with Gasteiger partial charge in [0.2, 0.25) is 5.16 Å². The van der Waals surface area contributed by atoms with Crippen molar-refractivity contribution < 1.29 is 0 Å². The molecule has 0 saturated carbocycles. The van der Waals surface area contributed by atoms with Crippen molar-refractivity contribution in [3.63, 3.8) is 0 Å². The molecule has 8 heteroatoms. The second kappa shape index (κ2) is 8.58. The SMILES string of the molecule is CCCNCCn1nnnc1SCc1cccc(Cl)c1Cl. The quantitative estimate of drug-likeness (QED) is 0.587. The molecule has 2 aromatic rings. The maximum atomic E-state index is 6.18. The van der Waals surface area contributed by atoms with Gasteiger partial charge in [-0.15, -0.1) is 5.10 Å². The molecule has 1 aromatic heterocycles. The Labute approximate surface area is 138 Å². The van der Waals surface area contributed by atoms with E-state index in [4.69, 9.17) is 23.2 Å². The first-order valence-electron chi connectivity index (χ1n) is 6.75. The number of hydrogen-bond donors (Lipinski definition) is 1. The van der Waals surface area contributed by atoms with E-state index < -0.39 is 0 Å². The van der Waals surface area contributed by atoms with Crippen molar-refractivity contribution in [1.82, 2.24) is 25.5 Å². The fraction of sp³-hybridized carbons (Fsp3) is 0.462. The Morgan fingerprint density at radius 1 is 1.29 bits per heavy atom. The average molecular weight is 346 g/mol. The third-order valence-electron chi connectivity index (χ3n) is 2.81. The summed E-state index contributed by atoms with van der Waals surface area (Å²) in [5.41, 5.74) is 0.979. The van der Waals surface area contributed by atoms with Crippen LogP contribution >= 0.6 is 35.0 Å². The molecule has 0 spiro atoms. The van der Waals surface area contributed by atoms with Gasteiger partial charge in [0.25, 0.3) is 0 Å². The van der Waals surface area contributed by atoms with Crippen LogP contribution in [0.25, 0.3) is 0 Å². The van der Waals surface area contributed by atoms with Crippen molar-refractivity contribution in [3.8, 4) is 0 Å². The molecule has 114 valence electrons. The molecule has 0 bridgehead atoms. The fourth-order valence-electron chi connectivity index (χ4n) is 1.73. The fourth-order valence-corrected chi connectivity index (χ4v) is 3.09. The van der Waals surface area contributed by atoms with Crippen LogP contribution in [0, 0.1) is 0 Å². The van der Waals surface area contributed by atoms with Gasteiger partial charge in [0.05, 0.1) is 16.6 Å². The van der Waals surface area contributed by atoms with Crippen LogP contribution in [-0.4, -0.2) is 33.3 Å². The van der Waals surface area contributed by atoms with Crippen molar-refractivity contribution in [3.05, 3.63) is 33.8 Å². The summed E-state index contributed by atoms with van der Waals surface area (Å²) in [4.78, 5) is 0. The first kappa shape index (κ1) is 16.5. The molecule has 5 nitrogen and oxygen atoms in total. The molecular formula is C13H17Cl2N5S. The lowest BCUT2D eigenvalue weighted by molar-refractivity contribution is 0.510. The van der Waals surface area contributed by atoms with E-state index in [2.05, 4.69) is 27.8 Å². The topological polar surface area (TPSA) is 55.6 Å². The Kier molecular flexibility index (Phi) is 6.76. The molecule has 0 aliphatic rings. The third kappa shape index (κ3) is 4.85. The van der Waals surface area contributed by atoms with Crippen molar-refractivity contribution in [1.29, 1.82) is 0 Å². The molecule has 0 aliphatic carbocycles. The summed E-state index contributed by atoms with van der Waals surface area (Å²) in [6.07, 6.45) is 1.12. The summed E-state index contributed by atoms with van der Waals surface area (Å²) >= 11 is 13.7. The Bertz CT molecular complexity index is 575. The van der Waals surface area contributed by atoms with Crippen molar-refractivity contribution in [2.24, 2.45) is 0 Å². The van der Waals surface area contributed by atoms with Crippen LogP contribution in [0.2, 0.25) is 10.0 Å². The van der Waals surface area contributed by atoms with Gasteiger partial charge < -0.3 is 5.32 Å². The lowest BCUT2D eigenvalue weighted by atomic mass is 10.2. The molecule has 0 saturated heterocycles. The summed E-state index contributed by atoms with van der Waals surface area (Å²) in [7, 11) is 0. The van der Waals surface area contributed by atoms with E-state index in [0.29, 0.717) is 15.8 Å². The first-order valence-corrected chi connectivity index (χ1v) is 8.49. The number of nitrogens with zero attached hydrogens (tertiary/aromatic N) is 4. The van der Waals surface area contributed by atoms with Gasteiger partial charge in [0.15, 0.2) is 0 Å². The van der Waals surface area contributed by atoms with Gasteiger partial charge in [-0.1, -0.05) is 54.0 Å². The van der Waals surface area contributed by atoms with Gasteiger partial charge in [0, 0.05) is 12.3 Å². The molecule has 0 radical (unpaired) electrons. The number of rotatable bonds is 8. The van der Waals surface area contributed by atoms with Crippen molar-refractivity contribution >= 4 is 35.0 Å². The number of nitrogens with one attached hydrogen (secondary N) is 1. The van der Waals surface area contributed by atoms with Crippen molar-refractivity contribution in [2.75, 3.05) is 13.1 Å². The highest BCUT2D eigenvalue weighted by Crippen LogP contribution is 2.30. The Balaban J connectivity index is 1.91. The predicted molar refractivity (Wildman–Crippen MR) is 87.0 cm³/mol. The first-order chi connectivity index (χ1) is 10.2. The van der Waals surface area contributed by atoms with Crippen LogP contribution in [0.1, 0.15) is 18.9 Å². The van der Waals surface area contributed by atoms with Crippen LogP contribution in [-0.2, 0) is 12.3 Å². The van der Waals surface area contributed by atoms with Crippen LogP contribution in [0.3, 0.4) is 0 Å². The highest BCUT2D eigenvalue weighted by molar-refractivity contribution is 7.98. The number of thioether (sulfide) groups is 1. The Hall–Kier alpha value is -0.820. The van der Waals surface area contributed by atoms with Gasteiger partial charge in [0.1, 0.15) is 0 Å². The minimum absolute atomic E-state index is 0.568. The molecular weight excluding hydrogens is 329 g/mol. The van der Waals surface area contributed by atoms with E-state index in [0.717, 1.165) is 36.8 Å². The number of benzene rings is 1. The standard InChI is InChI=1S/C13H17Cl2N5S/c1-2-6-16-7-8-20-13(17-18-19-20)21-9-10-4-3-5-11(14)12(10)15/h3-5,16H,2,6-9H2,1H3. The Morgan fingerprint density at radius 3 is 2.95 bits per heavy atom. The van der Waals surface area contributed by atoms with Crippen LogP contribution in [0.4, 0.5) is 0 Å². The summed E-state index contributed by atoms with van der Waals surface area (Å²) in [6.45, 7) is 4.74. The van der Waals surface area contributed by atoms with Gasteiger partial charge in [-0.2, -0.15) is 0 Å². The lowest BCUT2D eigenvalue weighted by Crippen LogP contribution is -2.21. The summed E-state index contributed by atoms with van der Waals surface area (Å²) in [5.74, 6) is 0.683. The molecule has 0 atom stereocenters. The summed E-state index contributed by atoms with van der Waals surface area (Å²) in [5, 5.41) is 17.0. The highest BCUT2D eigenvalue weighted by Gasteiger charge is 2.09. The van der Waals surface area contributed by atoms with Crippen LogP contribution in [0.15, 0.2) is 23.4 Å². The molecule has 0 unspecified atom stereocenters. The van der Waals surface area contributed by atoms with E-state index in [-0.39, 0.29) is 0 Å². The molecule has 0 aliphatic heterocycles. The number of aromatic nitrogens is 4. The summed E-state index contributed by atoms with van der Waals surface area (Å²) < 4.78 is 1.80. The molecule has 0 amide bonds. The Morgan fingerprint density at radius 2 is 2.14 bits per heavy atom. The third-order valence-corrected chi connectivity index (χ3v) is 4.68. The number of tetrazole rings is 1. The van der Waals surface area contributed by atoms with E-state index in [1.807, 2.05) is 12.1 Å². The molecule has 1 N–H and O–H groups in total. The van der Waals surface area contributed by atoms with E-state index in [9.17, 15) is 0 Å². The normalized spacial score (nSPS) is 11.0. The number of hydrogen-bond acceptors (Lipinski definition) is 5. The van der Waals surface area contributed by atoms with Gasteiger partial charge in [-0.3, -0.25) is 0 Å². The van der Waals surface area contributed by atoms with Crippen molar-refractivity contribution in [2.45, 2.75) is 30.8 Å². The second-order valence-electron chi connectivity index (χ2n) is 4.44. The zero-order valence-electron chi connectivity index (χ0n) is 11.7. The second-order valence-corrected chi connectivity index (χ2v) is 6.16. The van der Waals surface area contributed by atoms with E-state index in [1.165, 1.54) is 0 Å². The number of halogens is 2. The highest BCUT2D eigenvalue weighted by atomic mass is 35.5. The maximum absolute atomic E-state index is 6.18. The molecule has 1 aromatic carbocycles. The minimum atomic E-state index is 0.568. The predicted octanol–water partition coefficient (Wildman–Crippen LogP) is 3.27. The van der Waals surface area contributed by atoms with Gasteiger partial charge in [-0.05, 0) is 35.0 Å². The zero-order valence-corrected chi connectivity index (χ0v) is 14.0. The smallest absolute Gasteiger partial charge is 0.209 e. The van der Waals surface area contributed by atoms with Crippen LogP contribution in [0.5, 0.6) is 0 Å². The molecule has 0 fully saturated rings. The minimum Gasteiger partial charge on any atom is -0.315 e. The van der Waals surface area contributed by atoms with E-state index in [1.54, 1.807) is 22.5 Å². The molecule has 1 heterocycles. The average Bonchev–Trinajstić information content (AvgIpc) is 2.93. The van der Waals surface area contributed by atoms with E-state index >= 15 is 0 Å². The zero-order chi connectivity index (χ0) is 15.1.